The first-order valence-electron chi connectivity index (χ1n) is 8.52. The first kappa shape index (κ1) is 20.4. The lowest BCUT2D eigenvalue weighted by molar-refractivity contribution is 0.242. The van der Waals surface area contributed by atoms with Crippen LogP contribution in [0.1, 0.15) is 22.3 Å². The molecule has 0 aromatic heterocycles. The van der Waals surface area contributed by atoms with E-state index >= 15 is 0 Å². The van der Waals surface area contributed by atoms with Gasteiger partial charge < -0.3 is 10.2 Å². The van der Waals surface area contributed by atoms with E-state index in [9.17, 15) is 15.0 Å². The highest BCUT2D eigenvalue weighted by Crippen LogP contribution is 2.22. The average molecular weight is 378 g/mol. The predicted molar refractivity (Wildman–Crippen MR) is 111 cm³/mol. The third-order valence-electron chi connectivity index (χ3n) is 3.77. The Morgan fingerprint density at radius 3 is 1.68 bits per heavy atom. The van der Waals surface area contributed by atoms with Crippen molar-refractivity contribution in [1.82, 2.24) is 10.9 Å². The lowest BCUT2D eigenvalue weighted by Gasteiger charge is -2.05. The Hall–Kier alpha value is -3.87. The van der Waals surface area contributed by atoms with Crippen molar-refractivity contribution in [2.75, 3.05) is 0 Å². The normalized spacial score (nSPS) is 10.9. The van der Waals surface area contributed by atoms with Crippen molar-refractivity contribution in [2.45, 2.75) is 12.8 Å². The smallest absolute Gasteiger partial charge is 0.355 e. The van der Waals surface area contributed by atoms with Gasteiger partial charge in [0.25, 0.3) is 0 Å². The van der Waals surface area contributed by atoms with Crippen LogP contribution in [0.25, 0.3) is 0 Å². The minimum atomic E-state index is -0.670. The van der Waals surface area contributed by atoms with Gasteiger partial charge in [0.1, 0.15) is 11.5 Å². The largest absolute Gasteiger partial charge is 0.507 e. The number of allylic oxidation sites excluding steroid dienone is 2. The van der Waals surface area contributed by atoms with Crippen LogP contribution in [-0.4, -0.2) is 28.7 Å². The topological polar surface area (TPSA) is 106 Å². The molecule has 0 saturated carbocycles. The highest BCUT2D eigenvalue weighted by atomic mass is 16.3. The number of nitrogens with one attached hydrogen (secondary N) is 2. The molecule has 0 radical (unpaired) electrons. The molecule has 28 heavy (non-hydrogen) atoms. The zero-order valence-electron chi connectivity index (χ0n) is 15.3. The Morgan fingerprint density at radius 2 is 1.29 bits per heavy atom. The van der Waals surface area contributed by atoms with E-state index in [1.54, 1.807) is 48.6 Å². The Labute approximate surface area is 163 Å². The molecular weight excluding hydrogens is 356 g/mol. The standard InChI is InChI=1S/C21H22N4O3/c1-3-7-15-9-5-11-17(19(15)26)13-22-24-21(28)25-23-14-18-12-6-10-16(8-4-2)20(18)27/h3-6,9-14,26-27H,1-2,7-8H2,(H2,24,25,28). The van der Waals surface area contributed by atoms with Crippen LogP contribution in [0.15, 0.2) is 71.9 Å². The Bertz CT molecular complexity index is 846. The second-order valence-electron chi connectivity index (χ2n) is 5.76. The number of carbonyl (C=O) groups is 1. The maximum absolute atomic E-state index is 11.7. The second kappa shape index (κ2) is 10.3. The summed E-state index contributed by atoms with van der Waals surface area (Å²) in [5.41, 5.74) is 6.84. The summed E-state index contributed by atoms with van der Waals surface area (Å²) in [6.07, 6.45) is 7.08. The first-order valence-corrected chi connectivity index (χ1v) is 8.52. The van der Waals surface area contributed by atoms with Crippen LogP contribution >= 0.6 is 0 Å². The van der Waals surface area contributed by atoms with Gasteiger partial charge in [-0.3, -0.25) is 0 Å². The number of amides is 2. The van der Waals surface area contributed by atoms with Gasteiger partial charge >= 0.3 is 6.03 Å². The number of rotatable bonds is 8. The van der Waals surface area contributed by atoms with Gasteiger partial charge in [0.2, 0.25) is 0 Å². The molecular formula is C21H22N4O3. The molecule has 0 heterocycles. The van der Waals surface area contributed by atoms with E-state index in [-0.39, 0.29) is 11.5 Å². The molecule has 7 nitrogen and oxygen atoms in total. The summed E-state index contributed by atoms with van der Waals surface area (Å²) in [5.74, 6) is 0.169. The van der Waals surface area contributed by atoms with E-state index in [0.717, 1.165) is 0 Å². The van der Waals surface area contributed by atoms with Gasteiger partial charge in [-0.2, -0.15) is 10.2 Å². The van der Waals surface area contributed by atoms with Gasteiger partial charge in [-0.25, -0.2) is 15.6 Å². The van der Waals surface area contributed by atoms with Crippen LogP contribution in [0.4, 0.5) is 4.79 Å². The van der Waals surface area contributed by atoms with Crippen molar-refractivity contribution in [3.63, 3.8) is 0 Å². The van der Waals surface area contributed by atoms with Gasteiger partial charge in [-0.1, -0.05) is 36.4 Å². The summed E-state index contributed by atoms with van der Waals surface area (Å²) >= 11 is 0. The SMILES string of the molecule is C=CCc1cccc(C=NNC(=O)NN=Cc2cccc(CC=C)c2O)c1O. The zero-order chi connectivity index (χ0) is 20.4. The Balaban J connectivity index is 1.93. The molecule has 0 unspecified atom stereocenters. The minimum Gasteiger partial charge on any atom is -0.507 e. The van der Waals surface area contributed by atoms with E-state index in [1.165, 1.54) is 12.4 Å². The molecule has 7 heteroatoms. The molecule has 2 aromatic carbocycles. The molecule has 0 spiro atoms. The number of phenolic OH excluding ortho intramolecular Hbond substituents is 2. The summed E-state index contributed by atoms with van der Waals surface area (Å²) in [5, 5.41) is 27.8. The van der Waals surface area contributed by atoms with Crippen molar-refractivity contribution in [1.29, 1.82) is 0 Å². The molecule has 2 aromatic rings. The maximum Gasteiger partial charge on any atom is 0.355 e. The molecule has 0 fully saturated rings. The number of nitrogens with zero attached hydrogens (tertiary/aromatic N) is 2. The van der Waals surface area contributed by atoms with Crippen LogP contribution in [0.2, 0.25) is 0 Å². The monoisotopic (exact) mass is 378 g/mol. The summed E-state index contributed by atoms with van der Waals surface area (Å²) in [6, 6.07) is 9.78. The molecule has 4 N–H and O–H groups in total. The predicted octanol–water partition coefficient (Wildman–Crippen LogP) is 3.22. The summed E-state index contributed by atoms with van der Waals surface area (Å²) < 4.78 is 0. The molecule has 0 saturated heterocycles. The molecule has 0 aliphatic carbocycles. The average Bonchev–Trinajstić information content (AvgIpc) is 2.68. The number of urea groups is 1. The lowest BCUT2D eigenvalue weighted by atomic mass is 10.1. The van der Waals surface area contributed by atoms with Gasteiger partial charge in [0.15, 0.2) is 0 Å². The van der Waals surface area contributed by atoms with E-state index in [1.807, 2.05) is 0 Å². The summed E-state index contributed by atoms with van der Waals surface area (Å²) in [6.45, 7) is 7.28. The van der Waals surface area contributed by atoms with Crippen LogP contribution in [0, 0.1) is 0 Å². The fourth-order valence-electron chi connectivity index (χ4n) is 2.42. The van der Waals surface area contributed by atoms with Gasteiger partial charge in [-0.15, -0.1) is 13.2 Å². The van der Waals surface area contributed by atoms with E-state index in [4.69, 9.17) is 0 Å². The van der Waals surface area contributed by atoms with Crippen molar-refractivity contribution in [3.05, 3.63) is 84.0 Å². The molecule has 0 atom stereocenters. The number of aromatic hydroxyl groups is 2. The van der Waals surface area contributed by atoms with Gasteiger partial charge in [0, 0.05) is 11.1 Å². The molecule has 144 valence electrons. The van der Waals surface area contributed by atoms with Crippen molar-refractivity contribution < 1.29 is 15.0 Å². The molecule has 2 rings (SSSR count). The number of hydrogen-bond acceptors (Lipinski definition) is 5. The zero-order valence-corrected chi connectivity index (χ0v) is 15.3. The molecule has 0 aliphatic heterocycles. The minimum absolute atomic E-state index is 0.0845. The van der Waals surface area contributed by atoms with E-state index < -0.39 is 6.03 Å². The number of carbonyl (C=O) groups excluding carboxylic acids is 1. The first-order chi connectivity index (χ1) is 13.6. The second-order valence-corrected chi connectivity index (χ2v) is 5.76. The summed E-state index contributed by atoms with van der Waals surface area (Å²) in [4.78, 5) is 11.7. The van der Waals surface area contributed by atoms with Crippen molar-refractivity contribution in [3.8, 4) is 11.5 Å². The maximum atomic E-state index is 11.7. The van der Waals surface area contributed by atoms with Crippen LogP contribution in [0.5, 0.6) is 11.5 Å². The highest BCUT2D eigenvalue weighted by molar-refractivity contribution is 5.87. The number of phenols is 2. The molecule has 0 bridgehead atoms. The van der Waals surface area contributed by atoms with Crippen molar-refractivity contribution >= 4 is 18.5 Å². The quantitative estimate of drug-likeness (QED) is 0.322. The Kier molecular flexibility index (Phi) is 7.53. The van der Waals surface area contributed by atoms with E-state index in [0.29, 0.717) is 35.1 Å². The fraction of sp³-hybridized carbons (Fsp3) is 0.0952. The third kappa shape index (κ3) is 5.57. The number of para-hydroxylation sites is 2. The van der Waals surface area contributed by atoms with Crippen LogP contribution in [-0.2, 0) is 12.8 Å². The number of hydrogen-bond donors (Lipinski definition) is 4. The van der Waals surface area contributed by atoms with Crippen molar-refractivity contribution in [2.24, 2.45) is 10.2 Å². The summed E-state index contributed by atoms with van der Waals surface area (Å²) in [7, 11) is 0. The van der Waals surface area contributed by atoms with Gasteiger partial charge in [0.05, 0.1) is 12.4 Å². The third-order valence-corrected chi connectivity index (χ3v) is 3.77. The molecule has 0 aliphatic rings. The number of benzene rings is 2. The van der Waals surface area contributed by atoms with Crippen LogP contribution in [0.3, 0.4) is 0 Å². The Morgan fingerprint density at radius 1 is 0.857 bits per heavy atom. The lowest BCUT2D eigenvalue weighted by Crippen LogP contribution is -2.28. The van der Waals surface area contributed by atoms with E-state index in [2.05, 4.69) is 34.2 Å². The van der Waals surface area contributed by atoms with Gasteiger partial charge in [-0.05, 0) is 36.1 Å². The fourth-order valence-corrected chi connectivity index (χ4v) is 2.42. The molecule has 2 amide bonds. The van der Waals surface area contributed by atoms with Crippen LogP contribution < -0.4 is 10.9 Å². The number of hydrazone groups is 2. The highest BCUT2D eigenvalue weighted by Gasteiger charge is 2.05.